The third kappa shape index (κ3) is 3.67. The van der Waals surface area contributed by atoms with Crippen LogP contribution in [-0.2, 0) is 4.79 Å². The maximum Gasteiger partial charge on any atom is 0.335 e. The number of aromatic carboxylic acids is 1. The van der Waals surface area contributed by atoms with Gasteiger partial charge in [-0.3, -0.25) is 10.1 Å². The number of imide groups is 1. The third-order valence-corrected chi connectivity index (χ3v) is 1.88. The topological polar surface area (TPSA) is 145 Å². The number of carbonyl (C=O) groups excluding carboxylic acids is 2. The fraction of sp³-hybridized carbons (Fsp3) is 0.100. The summed E-state index contributed by atoms with van der Waals surface area (Å²) in [5, 5.41) is 10.5. The average Bonchev–Trinajstić information content (AvgIpc) is 2.26. The van der Waals surface area contributed by atoms with E-state index >= 15 is 0 Å². The molecule has 0 fully saturated rings. The van der Waals surface area contributed by atoms with Crippen LogP contribution in [0, 0.1) is 0 Å². The van der Waals surface area contributed by atoms with Crippen LogP contribution < -0.4 is 21.5 Å². The Morgan fingerprint density at radius 1 is 1.33 bits per heavy atom. The molecule has 1 aromatic carbocycles. The van der Waals surface area contributed by atoms with E-state index in [-0.39, 0.29) is 17.0 Å². The van der Waals surface area contributed by atoms with E-state index in [2.05, 4.69) is 0 Å². The van der Waals surface area contributed by atoms with E-state index in [9.17, 15) is 14.4 Å². The predicted octanol–water partition coefficient (Wildman–Crippen LogP) is -0.459. The normalized spacial score (nSPS) is 9.56. The molecule has 3 amide bonds. The Balaban J connectivity index is 2.66. The number of hydrogen-bond donors (Lipinski definition) is 4. The van der Waals surface area contributed by atoms with E-state index in [0.717, 1.165) is 0 Å². The number of hydrogen-bond acceptors (Lipinski definition) is 5. The molecule has 1 rings (SSSR count). The minimum Gasteiger partial charge on any atom is -0.482 e. The molecule has 0 aliphatic heterocycles. The van der Waals surface area contributed by atoms with Gasteiger partial charge >= 0.3 is 12.0 Å². The lowest BCUT2D eigenvalue weighted by Crippen LogP contribution is -2.38. The van der Waals surface area contributed by atoms with Gasteiger partial charge < -0.3 is 21.3 Å². The summed E-state index contributed by atoms with van der Waals surface area (Å²) >= 11 is 0. The van der Waals surface area contributed by atoms with Crippen molar-refractivity contribution in [3.05, 3.63) is 23.8 Å². The van der Waals surface area contributed by atoms with E-state index in [1.54, 1.807) is 5.32 Å². The molecular weight excluding hydrogens is 242 g/mol. The molecule has 0 bridgehead atoms. The number of primary amides is 1. The largest absolute Gasteiger partial charge is 0.482 e. The van der Waals surface area contributed by atoms with Crippen LogP contribution in [0.4, 0.5) is 10.5 Å². The number of rotatable bonds is 4. The Hall–Kier alpha value is -2.77. The number of nitrogens with two attached hydrogens (primary N) is 2. The van der Waals surface area contributed by atoms with Gasteiger partial charge in [-0.15, -0.1) is 0 Å². The smallest absolute Gasteiger partial charge is 0.335 e. The zero-order valence-corrected chi connectivity index (χ0v) is 9.17. The van der Waals surface area contributed by atoms with Crippen molar-refractivity contribution < 1.29 is 24.2 Å². The summed E-state index contributed by atoms with van der Waals surface area (Å²) in [4.78, 5) is 32.0. The zero-order valence-electron chi connectivity index (χ0n) is 9.17. The minimum atomic E-state index is -1.13. The molecule has 0 saturated carbocycles. The lowest BCUT2D eigenvalue weighted by atomic mass is 10.2. The van der Waals surface area contributed by atoms with Crippen molar-refractivity contribution in [1.82, 2.24) is 5.32 Å². The maximum atomic E-state index is 11.0. The monoisotopic (exact) mass is 253 g/mol. The number of nitrogen functional groups attached to an aromatic ring is 1. The molecule has 0 radical (unpaired) electrons. The van der Waals surface area contributed by atoms with Gasteiger partial charge in [0, 0.05) is 0 Å². The van der Waals surface area contributed by atoms with Gasteiger partial charge in [0.1, 0.15) is 5.75 Å². The summed E-state index contributed by atoms with van der Waals surface area (Å²) in [5.41, 5.74) is 10.3. The molecule has 8 heteroatoms. The first-order chi connectivity index (χ1) is 8.40. The summed E-state index contributed by atoms with van der Waals surface area (Å²) in [6.45, 7) is -0.459. The number of anilines is 1. The van der Waals surface area contributed by atoms with Crippen LogP contribution in [0.2, 0.25) is 0 Å². The number of carboxylic acids is 1. The van der Waals surface area contributed by atoms with E-state index in [0.29, 0.717) is 0 Å². The molecule has 1 aromatic rings. The molecule has 0 unspecified atom stereocenters. The van der Waals surface area contributed by atoms with Gasteiger partial charge in [-0.1, -0.05) is 0 Å². The second-order valence-corrected chi connectivity index (χ2v) is 3.26. The Morgan fingerprint density at radius 2 is 2.00 bits per heavy atom. The lowest BCUT2D eigenvalue weighted by Gasteiger charge is -2.08. The lowest BCUT2D eigenvalue weighted by molar-refractivity contribution is -0.121. The Labute approximate surface area is 102 Å². The number of carboxylic acid groups (broad SMARTS) is 1. The maximum absolute atomic E-state index is 11.0. The van der Waals surface area contributed by atoms with Crippen LogP contribution in [0.5, 0.6) is 5.75 Å². The number of urea groups is 1. The molecule has 96 valence electrons. The van der Waals surface area contributed by atoms with Crippen LogP contribution in [0.1, 0.15) is 10.4 Å². The Bertz CT molecular complexity index is 500. The van der Waals surface area contributed by atoms with Crippen molar-refractivity contribution in [1.29, 1.82) is 0 Å². The summed E-state index contributed by atoms with van der Waals surface area (Å²) in [6, 6.07) is 2.80. The molecule has 6 N–H and O–H groups in total. The second kappa shape index (κ2) is 5.53. The molecule has 0 aromatic heterocycles. The van der Waals surface area contributed by atoms with Gasteiger partial charge in [0.2, 0.25) is 0 Å². The highest BCUT2D eigenvalue weighted by atomic mass is 16.5. The van der Waals surface area contributed by atoms with Crippen LogP contribution in [0.25, 0.3) is 0 Å². The second-order valence-electron chi connectivity index (χ2n) is 3.26. The van der Waals surface area contributed by atoms with E-state index in [1.807, 2.05) is 0 Å². The zero-order chi connectivity index (χ0) is 13.7. The fourth-order valence-electron chi connectivity index (χ4n) is 1.13. The van der Waals surface area contributed by atoms with Crippen molar-refractivity contribution >= 4 is 23.6 Å². The number of amides is 3. The Morgan fingerprint density at radius 3 is 2.50 bits per heavy atom. The number of carbonyl (C=O) groups is 3. The molecule has 0 heterocycles. The highest BCUT2D eigenvalue weighted by molar-refractivity contribution is 5.94. The van der Waals surface area contributed by atoms with Crippen molar-refractivity contribution in [2.75, 3.05) is 12.3 Å². The number of ether oxygens (including phenoxy) is 1. The predicted molar refractivity (Wildman–Crippen MR) is 61.0 cm³/mol. The van der Waals surface area contributed by atoms with Crippen molar-refractivity contribution in [2.45, 2.75) is 0 Å². The fourth-order valence-corrected chi connectivity index (χ4v) is 1.13. The average molecular weight is 253 g/mol. The highest BCUT2D eigenvalue weighted by Crippen LogP contribution is 2.22. The molecule has 18 heavy (non-hydrogen) atoms. The molecular formula is C10H11N3O5. The van der Waals surface area contributed by atoms with Crippen LogP contribution in [0.15, 0.2) is 18.2 Å². The van der Waals surface area contributed by atoms with Gasteiger partial charge in [-0.2, -0.15) is 0 Å². The van der Waals surface area contributed by atoms with Crippen molar-refractivity contribution in [2.24, 2.45) is 5.73 Å². The molecule has 0 atom stereocenters. The van der Waals surface area contributed by atoms with E-state index in [1.165, 1.54) is 18.2 Å². The quantitative estimate of drug-likeness (QED) is 0.534. The van der Waals surface area contributed by atoms with Gasteiger partial charge in [-0.05, 0) is 18.2 Å². The van der Waals surface area contributed by atoms with E-state index in [4.69, 9.17) is 21.3 Å². The summed E-state index contributed by atoms with van der Waals surface area (Å²) in [6.07, 6.45) is 0. The van der Waals surface area contributed by atoms with Crippen LogP contribution >= 0.6 is 0 Å². The summed E-state index contributed by atoms with van der Waals surface area (Å²) in [7, 11) is 0. The van der Waals surface area contributed by atoms with Gasteiger partial charge in [0.25, 0.3) is 5.91 Å². The molecule has 8 nitrogen and oxygen atoms in total. The van der Waals surface area contributed by atoms with Crippen LogP contribution in [-0.4, -0.2) is 29.6 Å². The minimum absolute atomic E-state index is 0.00133. The standard InChI is InChI=1S/C10H11N3O5/c11-6-3-5(9(15)16)1-2-7(6)18-4-8(14)13-10(12)17/h1-3H,4,11H2,(H,15,16)(H3,12,13,14,17). The summed E-state index contributed by atoms with van der Waals surface area (Å²) in [5.74, 6) is -1.72. The van der Waals surface area contributed by atoms with Crippen molar-refractivity contribution in [3.8, 4) is 5.75 Å². The molecule has 0 aliphatic rings. The third-order valence-electron chi connectivity index (χ3n) is 1.88. The summed E-state index contributed by atoms with van der Waals surface area (Å²) < 4.78 is 5.00. The number of benzene rings is 1. The first-order valence-corrected chi connectivity index (χ1v) is 4.75. The first kappa shape index (κ1) is 13.3. The molecule has 0 saturated heterocycles. The molecule has 0 spiro atoms. The molecule has 0 aliphatic carbocycles. The van der Waals surface area contributed by atoms with Gasteiger partial charge in [0.05, 0.1) is 11.3 Å². The highest BCUT2D eigenvalue weighted by Gasteiger charge is 2.09. The first-order valence-electron chi connectivity index (χ1n) is 4.75. The van der Waals surface area contributed by atoms with E-state index < -0.39 is 24.5 Å². The van der Waals surface area contributed by atoms with Gasteiger partial charge in [0.15, 0.2) is 6.61 Å². The van der Waals surface area contributed by atoms with Crippen molar-refractivity contribution in [3.63, 3.8) is 0 Å². The Kier molecular flexibility index (Phi) is 4.08. The van der Waals surface area contributed by atoms with Gasteiger partial charge in [-0.25, -0.2) is 9.59 Å². The van der Waals surface area contributed by atoms with Crippen LogP contribution in [0.3, 0.4) is 0 Å². The number of nitrogens with one attached hydrogen (secondary N) is 1. The SMILES string of the molecule is NC(=O)NC(=O)COc1ccc(C(=O)O)cc1N.